The molecule has 0 bridgehead atoms. The highest BCUT2D eigenvalue weighted by Crippen LogP contribution is 2.37. The minimum Gasteiger partial charge on any atom is -0.448 e. The summed E-state index contributed by atoms with van der Waals surface area (Å²) in [5.74, 6) is -6.31. The maximum absolute atomic E-state index is 13.8. The number of hydrogen-bond acceptors (Lipinski definition) is 3. The number of nitrogens with zero attached hydrogens (tertiary/aromatic N) is 1. The van der Waals surface area contributed by atoms with Crippen molar-refractivity contribution < 1.29 is 35.9 Å². The quantitative estimate of drug-likeness (QED) is 0.435. The van der Waals surface area contributed by atoms with Crippen LogP contribution in [0.2, 0.25) is 0 Å². The van der Waals surface area contributed by atoms with Gasteiger partial charge in [-0.15, -0.1) is 0 Å². The van der Waals surface area contributed by atoms with E-state index in [2.05, 4.69) is 4.99 Å². The predicted molar refractivity (Wildman–Crippen MR) is 70.4 cm³/mol. The molecule has 2 aromatic rings. The second-order valence-electron chi connectivity index (χ2n) is 4.64. The van der Waals surface area contributed by atoms with Gasteiger partial charge in [0, 0.05) is 6.07 Å². The number of benzene rings is 2. The highest BCUT2D eigenvalue weighted by atomic mass is 19.4. The average molecular weight is 347 g/mol. The Balaban J connectivity index is 2.49. The monoisotopic (exact) mass is 347 g/mol. The fraction of sp³-hybridized carbons (Fsp3) is 0.133. The number of alkyl halides is 3. The predicted octanol–water partition coefficient (Wildman–Crippen LogP) is 5.19. The van der Waals surface area contributed by atoms with E-state index in [1.54, 1.807) is 0 Å². The third kappa shape index (κ3) is 3.57. The van der Waals surface area contributed by atoms with E-state index in [4.69, 9.17) is 4.74 Å². The second kappa shape index (κ2) is 6.37. The minimum atomic E-state index is -4.96. The molecule has 0 aliphatic heterocycles. The number of aliphatic imine (C=N–C) groups is 1. The Bertz CT molecular complexity index is 818. The van der Waals surface area contributed by atoms with Crippen molar-refractivity contribution in [2.75, 3.05) is 0 Å². The van der Waals surface area contributed by atoms with Gasteiger partial charge < -0.3 is 4.74 Å². The first kappa shape index (κ1) is 17.6. The number of halogens is 6. The van der Waals surface area contributed by atoms with Crippen molar-refractivity contribution in [3.05, 3.63) is 52.8 Å². The third-order valence-corrected chi connectivity index (χ3v) is 2.95. The number of aryl methyl sites for hydroxylation is 1. The maximum atomic E-state index is 13.8. The van der Waals surface area contributed by atoms with Gasteiger partial charge in [-0.25, -0.2) is 18.0 Å². The van der Waals surface area contributed by atoms with Crippen LogP contribution in [0.25, 0.3) is 0 Å². The summed E-state index contributed by atoms with van der Waals surface area (Å²) in [6, 6.07) is 1.79. The fourth-order valence-electron chi connectivity index (χ4n) is 1.82. The Kier molecular flexibility index (Phi) is 4.66. The van der Waals surface area contributed by atoms with Gasteiger partial charge in [-0.2, -0.15) is 18.2 Å². The van der Waals surface area contributed by atoms with Gasteiger partial charge >= 0.3 is 6.18 Å². The number of ether oxygens (including phenoxy) is 1. The lowest BCUT2D eigenvalue weighted by Gasteiger charge is -2.13. The zero-order valence-corrected chi connectivity index (χ0v) is 11.8. The molecular weight excluding hydrogens is 340 g/mol. The van der Waals surface area contributed by atoms with Gasteiger partial charge in [-0.05, 0) is 30.7 Å². The molecule has 0 N–H and O–H groups in total. The Morgan fingerprint density at radius 3 is 2.08 bits per heavy atom. The molecule has 0 saturated carbocycles. The van der Waals surface area contributed by atoms with Crippen molar-refractivity contribution >= 4 is 11.8 Å². The number of hydrogen-bond donors (Lipinski definition) is 0. The molecule has 0 fully saturated rings. The van der Waals surface area contributed by atoms with Crippen LogP contribution in [0, 0.1) is 24.4 Å². The molecule has 0 aromatic heterocycles. The van der Waals surface area contributed by atoms with Crippen LogP contribution in [0.3, 0.4) is 0 Å². The molecule has 126 valence electrons. The summed E-state index contributed by atoms with van der Waals surface area (Å²) in [6.45, 7) is 1.41. The van der Waals surface area contributed by atoms with Crippen molar-refractivity contribution in [3.8, 4) is 11.5 Å². The van der Waals surface area contributed by atoms with Crippen molar-refractivity contribution in [3.63, 3.8) is 0 Å². The van der Waals surface area contributed by atoms with Gasteiger partial charge in [0.15, 0.2) is 29.0 Å². The summed E-state index contributed by atoms with van der Waals surface area (Å²) in [7, 11) is 0. The Morgan fingerprint density at radius 2 is 1.58 bits per heavy atom. The van der Waals surface area contributed by atoms with Crippen molar-refractivity contribution in [1.29, 1.82) is 0 Å². The van der Waals surface area contributed by atoms with E-state index in [9.17, 15) is 31.1 Å². The molecule has 2 aromatic carbocycles. The molecule has 2 rings (SSSR count). The molecular formula is C15H7F6NO2. The van der Waals surface area contributed by atoms with Gasteiger partial charge in [-0.1, -0.05) is 0 Å². The fourth-order valence-corrected chi connectivity index (χ4v) is 1.82. The van der Waals surface area contributed by atoms with Gasteiger partial charge in [0.2, 0.25) is 6.08 Å². The lowest BCUT2D eigenvalue weighted by Crippen LogP contribution is -2.07. The van der Waals surface area contributed by atoms with E-state index in [1.165, 1.54) is 13.0 Å². The zero-order valence-electron chi connectivity index (χ0n) is 11.8. The zero-order chi connectivity index (χ0) is 18.1. The van der Waals surface area contributed by atoms with Crippen LogP contribution in [0.1, 0.15) is 11.1 Å². The molecule has 0 aliphatic rings. The summed E-state index contributed by atoms with van der Waals surface area (Å²) in [6.07, 6.45) is -3.75. The van der Waals surface area contributed by atoms with Gasteiger partial charge in [-0.3, -0.25) is 0 Å². The summed E-state index contributed by atoms with van der Waals surface area (Å²) in [5.41, 5.74) is -1.41. The van der Waals surface area contributed by atoms with Crippen LogP contribution in [0.15, 0.2) is 29.3 Å². The first-order valence-electron chi connectivity index (χ1n) is 6.25. The molecule has 9 heteroatoms. The number of rotatable bonds is 3. The van der Waals surface area contributed by atoms with E-state index in [0.29, 0.717) is 0 Å². The van der Waals surface area contributed by atoms with Crippen molar-refractivity contribution in [1.82, 2.24) is 0 Å². The maximum Gasteiger partial charge on any atom is 0.416 e. The summed E-state index contributed by atoms with van der Waals surface area (Å²) in [4.78, 5) is 13.5. The third-order valence-electron chi connectivity index (χ3n) is 2.95. The van der Waals surface area contributed by atoms with E-state index in [0.717, 1.165) is 12.1 Å². The summed E-state index contributed by atoms with van der Waals surface area (Å²) < 4.78 is 83.3. The van der Waals surface area contributed by atoms with Crippen LogP contribution in [0.4, 0.5) is 32.0 Å². The van der Waals surface area contributed by atoms with E-state index in [1.807, 2.05) is 0 Å². The van der Waals surface area contributed by atoms with Gasteiger partial charge in [0.05, 0.1) is 11.3 Å². The molecule has 0 aliphatic carbocycles. The van der Waals surface area contributed by atoms with E-state index in [-0.39, 0.29) is 23.4 Å². The van der Waals surface area contributed by atoms with Crippen LogP contribution in [-0.4, -0.2) is 6.08 Å². The van der Waals surface area contributed by atoms with Crippen molar-refractivity contribution in [2.45, 2.75) is 13.1 Å². The molecule has 0 atom stereocenters. The van der Waals surface area contributed by atoms with Crippen LogP contribution in [-0.2, 0) is 11.0 Å². The molecule has 24 heavy (non-hydrogen) atoms. The van der Waals surface area contributed by atoms with E-state index >= 15 is 0 Å². The Morgan fingerprint density at radius 1 is 1.00 bits per heavy atom. The largest absolute Gasteiger partial charge is 0.448 e. The first-order chi connectivity index (χ1) is 11.1. The van der Waals surface area contributed by atoms with Crippen molar-refractivity contribution in [2.24, 2.45) is 4.99 Å². The Labute approximate surface area is 131 Å². The van der Waals surface area contributed by atoms with Crippen LogP contribution >= 0.6 is 0 Å². The van der Waals surface area contributed by atoms with Gasteiger partial charge in [0.25, 0.3) is 0 Å². The molecule has 0 saturated heterocycles. The summed E-state index contributed by atoms with van der Waals surface area (Å²) >= 11 is 0. The first-order valence-corrected chi connectivity index (χ1v) is 6.25. The minimum absolute atomic E-state index is 0.0228. The molecule has 0 heterocycles. The lowest BCUT2D eigenvalue weighted by atomic mass is 10.1. The van der Waals surface area contributed by atoms with Crippen LogP contribution < -0.4 is 4.74 Å². The van der Waals surface area contributed by atoms with E-state index < -0.39 is 40.7 Å². The normalized spacial score (nSPS) is 11.1. The molecule has 3 nitrogen and oxygen atoms in total. The van der Waals surface area contributed by atoms with Gasteiger partial charge in [0.1, 0.15) is 0 Å². The molecule has 0 unspecified atom stereocenters. The standard InChI is InChI=1S/C15H7F6NO2/c1-7-2-9(16)13(5-12(7)22-6-23)24-14-10(17)3-8(4-11(14)18)15(19,20)21/h2-5H,1H3. The highest BCUT2D eigenvalue weighted by molar-refractivity contribution is 5.57. The molecule has 0 spiro atoms. The number of isocyanates is 1. The number of carbonyl (C=O) groups excluding carboxylic acids is 1. The summed E-state index contributed by atoms with van der Waals surface area (Å²) in [5, 5.41) is 0. The average Bonchev–Trinajstić information content (AvgIpc) is 2.46. The van der Waals surface area contributed by atoms with Crippen LogP contribution in [0.5, 0.6) is 11.5 Å². The highest BCUT2D eigenvalue weighted by Gasteiger charge is 2.33. The topological polar surface area (TPSA) is 38.7 Å². The molecule has 0 radical (unpaired) electrons. The smallest absolute Gasteiger partial charge is 0.416 e. The molecule has 0 amide bonds. The second-order valence-corrected chi connectivity index (χ2v) is 4.64. The lowest BCUT2D eigenvalue weighted by molar-refractivity contribution is -0.138. The SMILES string of the molecule is Cc1cc(F)c(Oc2c(F)cc(C(F)(F)F)cc2F)cc1N=C=O. The Hall–Kier alpha value is -2.80.